The zero-order chi connectivity index (χ0) is 20.4. The zero-order valence-corrected chi connectivity index (χ0v) is 16.7. The quantitative estimate of drug-likeness (QED) is 0.638. The summed E-state index contributed by atoms with van der Waals surface area (Å²) in [5.41, 5.74) is 3.14. The molecule has 0 aliphatic carbocycles. The van der Waals surface area contributed by atoms with Crippen molar-refractivity contribution in [3.63, 3.8) is 0 Å². The van der Waals surface area contributed by atoms with Crippen molar-refractivity contribution in [3.8, 4) is 5.75 Å². The second-order valence-corrected chi connectivity index (χ2v) is 6.46. The van der Waals surface area contributed by atoms with E-state index in [-0.39, 0.29) is 12.5 Å². The summed E-state index contributed by atoms with van der Waals surface area (Å²) in [5, 5.41) is 2.64. The monoisotopic (exact) mass is 384 g/mol. The number of nitrogens with zero attached hydrogens (tertiary/aromatic N) is 1. The van der Waals surface area contributed by atoms with Crippen LogP contribution in [0.15, 0.2) is 42.6 Å². The van der Waals surface area contributed by atoms with Gasteiger partial charge >= 0.3 is 5.97 Å². The van der Waals surface area contributed by atoms with Crippen molar-refractivity contribution < 1.29 is 19.1 Å². The lowest BCUT2D eigenvalue weighted by Crippen LogP contribution is -2.42. The summed E-state index contributed by atoms with van der Waals surface area (Å²) >= 11 is 0. The van der Waals surface area contributed by atoms with Crippen LogP contribution in [0.3, 0.4) is 0 Å². The first-order chi connectivity index (χ1) is 13.5. The Balaban J connectivity index is 1.86. The van der Waals surface area contributed by atoms with Gasteiger partial charge in [-0.2, -0.15) is 0 Å². The molecule has 1 amide bonds. The van der Waals surface area contributed by atoms with Crippen molar-refractivity contribution in [2.45, 2.75) is 46.1 Å². The maximum absolute atomic E-state index is 12.0. The lowest BCUT2D eigenvalue weighted by Gasteiger charge is -2.16. The molecule has 0 radical (unpaired) electrons. The maximum atomic E-state index is 12.0. The maximum Gasteiger partial charge on any atom is 0.328 e. The smallest absolute Gasteiger partial charge is 0.328 e. The van der Waals surface area contributed by atoms with E-state index in [1.165, 1.54) is 12.5 Å². The van der Waals surface area contributed by atoms with Gasteiger partial charge in [0.2, 0.25) is 5.91 Å². The molecule has 1 unspecified atom stereocenters. The number of nitrogens with one attached hydrogen (secondary N) is 1. The van der Waals surface area contributed by atoms with Crippen LogP contribution >= 0.6 is 0 Å². The molecule has 0 saturated heterocycles. The average molecular weight is 384 g/mol. The summed E-state index contributed by atoms with van der Waals surface area (Å²) in [6.07, 6.45) is 3.99. The Morgan fingerprint density at radius 1 is 1.07 bits per heavy atom. The highest BCUT2D eigenvalue weighted by atomic mass is 16.5. The fourth-order valence-corrected chi connectivity index (χ4v) is 2.72. The van der Waals surface area contributed by atoms with Gasteiger partial charge in [-0.1, -0.05) is 25.1 Å². The Kier molecular flexibility index (Phi) is 8.46. The van der Waals surface area contributed by atoms with Gasteiger partial charge < -0.3 is 14.8 Å². The van der Waals surface area contributed by atoms with Gasteiger partial charge in [0, 0.05) is 31.7 Å². The molecular weight excluding hydrogens is 356 g/mol. The van der Waals surface area contributed by atoms with Gasteiger partial charge in [0.25, 0.3) is 0 Å². The third-order valence-electron chi connectivity index (χ3n) is 4.23. The first-order valence-corrected chi connectivity index (χ1v) is 9.61. The molecule has 2 aromatic rings. The number of pyridine rings is 1. The minimum Gasteiger partial charge on any atom is -0.493 e. The van der Waals surface area contributed by atoms with E-state index >= 15 is 0 Å². The molecule has 1 atom stereocenters. The normalized spacial score (nSPS) is 11.5. The van der Waals surface area contributed by atoms with Gasteiger partial charge in [-0.05, 0) is 42.7 Å². The molecule has 2 rings (SSSR count). The standard InChI is InChI=1S/C22H28N2O4/c1-4-17-6-9-19(23-15-17)12-13-28-20-10-7-18(8-11-20)14-21(24-16(3)25)22(26)27-5-2/h6-11,15,21H,4-5,12-14H2,1-3H3,(H,24,25). The summed E-state index contributed by atoms with van der Waals surface area (Å²) < 4.78 is 10.8. The first kappa shape index (κ1) is 21.4. The molecule has 0 spiro atoms. The Bertz CT molecular complexity index is 757. The van der Waals surface area contributed by atoms with Crippen LogP contribution in [0.5, 0.6) is 5.75 Å². The van der Waals surface area contributed by atoms with Crippen LogP contribution in [0.4, 0.5) is 0 Å². The van der Waals surface area contributed by atoms with Crippen molar-refractivity contribution in [2.24, 2.45) is 0 Å². The van der Waals surface area contributed by atoms with Crippen LogP contribution in [0.1, 0.15) is 37.6 Å². The number of carbonyl (C=O) groups excluding carboxylic acids is 2. The molecule has 6 heteroatoms. The number of esters is 1. The van der Waals surface area contributed by atoms with Crippen molar-refractivity contribution in [1.29, 1.82) is 0 Å². The van der Waals surface area contributed by atoms with Gasteiger partial charge in [-0.15, -0.1) is 0 Å². The average Bonchev–Trinajstić information content (AvgIpc) is 2.69. The van der Waals surface area contributed by atoms with Crippen molar-refractivity contribution in [1.82, 2.24) is 10.3 Å². The van der Waals surface area contributed by atoms with Crippen LogP contribution in [0.2, 0.25) is 0 Å². The Labute approximate surface area is 166 Å². The van der Waals surface area contributed by atoms with Gasteiger partial charge in [-0.3, -0.25) is 9.78 Å². The first-order valence-electron chi connectivity index (χ1n) is 9.61. The predicted octanol–water partition coefficient (Wildman–Crippen LogP) is 2.88. The van der Waals surface area contributed by atoms with Crippen molar-refractivity contribution in [2.75, 3.05) is 13.2 Å². The molecule has 0 fully saturated rings. The molecule has 28 heavy (non-hydrogen) atoms. The summed E-state index contributed by atoms with van der Waals surface area (Å²) in [6.45, 7) is 6.04. The number of hydrogen-bond donors (Lipinski definition) is 1. The van der Waals surface area contributed by atoms with Crippen LogP contribution < -0.4 is 10.1 Å². The van der Waals surface area contributed by atoms with Gasteiger partial charge in [0.1, 0.15) is 11.8 Å². The molecule has 6 nitrogen and oxygen atoms in total. The Hall–Kier alpha value is -2.89. The number of benzene rings is 1. The molecule has 1 N–H and O–H groups in total. The van der Waals surface area contributed by atoms with Crippen LogP contribution in [0, 0.1) is 0 Å². The Morgan fingerprint density at radius 3 is 2.36 bits per heavy atom. The van der Waals surface area contributed by atoms with Gasteiger partial charge in [-0.25, -0.2) is 4.79 Å². The number of aryl methyl sites for hydroxylation is 1. The minimum absolute atomic E-state index is 0.265. The third kappa shape index (κ3) is 7.02. The highest BCUT2D eigenvalue weighted by molar-refractivity contribution is 5.83. The molecule has 0 bridgehead atoms. The van der Waals surface area contributed by atoms with Crippen LogP contribution in [0.25, 0.3) is 0 Å². The fraction of sp³-hybridized carbons (Fsp3) is 0.409. The number of ether oxygens (including phenoxy) is 2. The van der Waals surface area contributed by atoms with Gasteiger partial charge in [0.15, 0.2) is 0 Å². The molecule has 0 aliphatic rings. The molecule has 0 aliphatic heterocycles. The lowest BCUT2D eigenvalue weighted by atomic mass is 10.1. The highest BCUT2D eigenvalue weighted by Crippen LogP contribution is 2.14. The number of aromatic nitrogens is 1. The van der Waals surface area contributed by atoms with Gasteiger partial charge in [0.05, 0.1) is 13.2 Å². The fourth-order valence-electron chi connectivity index (χ4n) is 2.72. The van der Waals surface area contributed by atoms with Crippen LogP contribution in [-0.2, 0) is 33.6 Å². The lowest BCUT2D eigenvalue weighted by molar-refractivity contribution is -0.147. The van der Waals surface area contributed by atoms with E-state index in [0.29, 0.717) is 13.0 Å². The highest BCUT2D eigenvalue weighted by Gasteiger charge is 2.21. The minimum atomic E-state index is -0.693. The summed E-state index contributed by atoms with van der Waals surface area (Å²) in [4.78, 5) is 27.8. The third-order valence-corrected chi connectivity index (χ3v) is 4.23. The number of carbonyl (C=O) groups is 2. The van der Waals surface area contributed by atoms with Crippen LogP contribution in [-0.4, -0.2) is 36.1 Å². The van der Waals surface area contributed by atoms with Crippen molar-refractivity contribution >= 4 is 11.9 Å². The van der Waals surface area contributed by atoms with E-state index in [2.05, 4.69) is 23.3 Å². The summed E-state index contributed by atoms with van der Waals surface area (Å²) in [7, 11) is 0. The number of rotatable bonds is 10. The second kappa shape index (κ2) is 11.1. The summed E-state index contributed by atoms with van der Waals surface area (Å²) in [6, 6.07) is 10.9. The Morgan fingerprint density at radius 2 is 1.79 bits per heavy atom. The SMILES string of the molecule is CCOC(=O)C(Cc1ccc(OCCc2ccc(CC)cn2)cc1)NC(C)=O. The molecule has 150 valence electrons. The molecule has 1 heterocycles. The number of amides is 1. The summed E-state index contributed by atoms with van der Waals surface area (Å²) in [5.74, 6) is 0.0549. The molecular formula is C22H28N2O4. The van der Waals surface area contributed by atoms with E-state index in [1.807, 2.05) is 36.5 Å². The van der Waals surface area contributed by atoms with E-state index in [4.69, 9.17) is 9.47 Å². The zero-order valence-electron chi connectivity index (χ0n) is 16.7. The molecule has 1 aromatic carbocycles. The number of hydrogen-bond acceptors (Lipinski definition) is 5. The molecule has 1 aromatic heterocycles. The largest absolute Gasteiger partial charge is 0.493 e. The molecule has 0 saturated carbocycles. The van der Waals surface area contributed by atoms with E-state index in [0.717, 1.165) is 29.8 Å². The van der Waals surface area contributed by atoms with E-state index < -0.39 is 12.0 Å². The predicted molar refractivity (Wildman–Crippen MR) is 107 cm³/mol. The second-order valence-electron chi connectivity index (χ2n) is 6.46. The topological polar surface area (TPSA) is 77.5 Å². The van der Waals surface area contributed by atoms with E-state index in [9.17, 15) is 9.59 Å². The van der Waals surface area contributed by atoms with Crippen molar-refractivity contribution in [3.05, 3.63) is 59.4 Å². The van der Waals surface area contributed by atoms with E-state index in [1.54, 1.807) is 6.92 Å².